The largest absolute Gasteiger partial charge is 0.482 e. The van der Waals surface area contributed by atoms with Crippen molar-refractivity contribution >= 4 is 11.4 Å². The average molecular weight is 337 g/mol. The fraction of sp³-hybridized carbons (Fsp3) is 0.286. The van der Waals surface area contributed by atoms with Crippen LogP contribution < -0.4 is 9.80 Å². The number of hydrogen-bond acceptors (Lipinski definition) is 4. The molecule has 4 heteroatoms. The highest BCUT2D eigenvalue weighted by atomic mass is 16.5. The second-order valence-corrected chi connectivity index (χ2v) is 6.34. The van der Waals surface area contributed by atoms with E-state index in [2.05, 4.69) is 72.2 Å². The maximum absolute atomic E-state index is 5.77. The monoisotopic (exact) mass is 337 g/mol. The van der Waals surface area contributed by atoms with Crippen LogP contribution in [0.5, 0.6) is 0 Å². The van der Waals surface area contributed by atoms with Crippen molar-refractivity contribution < 1.29 is 9.47 Å². The first-order valence-corrected chi connectivity index (χ1v) is 8.38. The van der Waals surface area contributed by atoms with Crippen molar-refractivity contribution in [3.8, 4) is 0 Å². The Labute approximate surface area is 150 Å². The van der Waals surface area contributed by atoms with Gasteiger partial charge in [0.25, 0.3) is 0 Å². The summed E-state index contributed by atoms with van der Waals surface area (Å²) in [7, 11) is 3.42. The molecule has 0 spiro atoms. The van der Waals surface area contributed by atoms with E-state index in [0.717, 1.165) is 22.8 Å². The molecule has 1 aliphatic rings. The van der Waals surface area contributed by atoms with Crippen LogP contribution in [0.25, 0.3) is 0 Å². The van der Waals surface area contributed by atoms with E-state index in [0.29, 0.717) is 0 Å². The molecule has 4 nitrogen and oxygen atoms in total. The van der Waals surface area contributed by atoms with Gasteiger partial charge in [-0.1, -0.05) is 35.4 Å². The maximum atomic E-state index is 5.77. The van der Waals surface area contributed by atoms with E-state index in [1.165, 1.54) is 11.1 Å². The van der Waals surface area contributed by atoms with Crippen LogP contribution in [0.3, 0.4) is 0 Å². The Balaban J connectivity index is 2.04. The summed E-state index contributed by atoms with van der Waals surface area (Å²) in [6, 6.07) is 16.8. The third kappa shape index (κ3) is 3.35. The molecular weight excluding hydrogens is 312 g/mol. The minimum Gasteiger partial charge on any atom is -0.482 e. The Morgan fingerprint density at radius 2 is 1.28 bits per heavy atom. The lowest BCUT2D eigenvalue weighted by molar-refractivity contribution is 0.117. The van der Waals surface area contributed by atoms with E-state index < -0.39 is 0 Å². The van der Waals surface area contributed by atoms with Crippen LogP contribution in [0.1, 0.15) is 18.1 Å². The Hall–Kier alpha value is -2.46. The molecule has 0 aliphatic carbocycles. The highest BCUT2D eigenvalue weighted by Crippen LogP contribution is 2.35. The third-order valence-electron chi connectivity index (χ3n) is 4.48. The predicted octanol–water partition coefficient (Wildman–Crippen LogP) is 4.60. The molecule has 0 amide bonds. The van der Waals surface area contributed by atoms with Crippen LogP contribution in [-0.4, -0.2) is 20.4 Å². The van der Waals surface area contributed by atoms with Gasteiger partial charge in [0.15, 0.2) is 18.8 Å². The summed E-state index contributed by atoms with van der Waals surface area (Å²) >= 11 is 0. The fourth-order valence-electron chi connectivity index (χ4n) is 3.10. The topological polar surface area (TPSA) is 24.9 Å². The third-order valence-corrected chi connectivity index (χ3v) is 4.48. The minimum atomic E-state index is -0.209. The molecule has 0 N–H and O–H groups in total. The molecule has 1 heterocycles. The van der Waals surface area contributed by atoms with Gasteiger partial charge in [0.1, 0.15) is 0 Å². The van der Waals surface area contributed by atoms with E-state index in [-0.39, 0.29) is 6.23 Å². The highest BCUT2D eigenvalue weighted by molar-refractivity contribution is 5.63. The van der Waals surface area contributed by atoms with Gasteiger partial charge in [-0.05, 0) is 45.0 Å². The highest BCUT2D eigenvalue weighted by Gasteiger charge is 2.34. The summed E-state index contributed by atoms with van der Waals surface area (Å²) in [5.74, 6) is 0.791. The van der Waals surface area contributed by atoms with Gasteiger partial charge in [-0.15, -0.1) is 0 Å². The summed E-state index contributed by atoms with van der Waals surface area (Å²) in [5.41, 5.74) is 5.60. The SMILES string of the molecule is COC1=C(C)C(OC)N(c2ccc(C)cc2)[CH]N1c1ccc(C)cc1. The summed E-state index contributed by atoms with van der Waals surface area (Å²) in [6.45, 7) is 8.25. The quantitative estimate of drug-likeness (QED) is 0.814. The van der Waals surface area contributed by atoms with Crippen LogP contribution in [0.2, 0.25) is 0 Å². The molecule has 3 rings (SSSR count). The molecule has 0 saturated heterocycles. The van der Waals surface area contributed by atoms with Gasteiger partial charge < -0.3 is 14.4 Å². The Kier molecular flexibility index (Phi) is 5.00. The van der Waals surface area contributed by atoms with Crippen molar-refractivity contribution in [3.05, 3.63) is 77.8 Å². The number of rotatable bonds is 4. The lowest BCUT2D eigenvalue weighted by Gasteiger charge is -2.43. The number of nitrogens with zero attached hydrogens (tertiary/aromatic N) is 2. The van der Waals surface area contributed by atoms with Gasteiger partial charge in [0.2, 0.25) is 0 Å². The molecule has 2 aromatic rings. The molecule has 1 unspecified atom stereocenters. The van der Waals surface area contributed by atoms with E-state index in [1.54, 1.807) is 14.2 Å². The molecule has 0 saturated carbocycles. The lowest BCUT2D eigenvalue weighted by atomic mass is 10.1. The van der Waals surface area contributed by atoms with Crippen LogP contribution in [-0.2, 0) is 9.47 Å². The van der Waals surface area contributed by atoms with Gasteiger partial charge in [-0.2, -0.15) is 0 Å². The molecule has 25 heavy (non-hydrogen) atoms. The average Bonchev–Trinajstić information content (AvgIpc) is 2.62. The van der Waals surface area contributed by atoms with Crippen molar-refractivity contribution in [2.75, 3.05) is 24.0 Å². The summed E-state index contributed by atoms with van der Waals surface area (Å²) in [6.07, 6.45) is -0.209. The molecule has 0 aromatic heterocycles. The molecule has 1 radical (unpaired) electrons. The normalized spacial score (nSPS) is 17.9. The molecule has 131 valence electrons. The standard InChI is InChI=1S/C21H25N2O2/c1-15-6-10-18(11-7-15)22-14-23(19-12-8-16(2)9-13-19)21(25-5)17(3)20(22)24-4/h6-14,20H,1-5H3. The number of anilines is 2. The second-order valence-electron chi connectivity index (χ2n) is 6.34. The van der Waals surface area contributed by atoms with Gasteiger partial charge in [-0.25, -0.2) is 0 Å². The van der Waals surface area contributed by atoms with Crippen LogP contribution in [0, 0.1) is 20.5 Å². The molecule has 0 fully saturated rings. The Bertz CT molecular complexity index is 750. The summed E-state index contributed by atoms with van der Waals surface area (Å²) in [5, 5.41) is 0. The fourth-order valence-corrected chi connectivity index (χ4v) is 3.10. The van der Waals surface area contributed by atoms with E-state index in [9.17, 15) is 0 Å². The van der Waals surface area contributed by atoms with Gasteiger partial charge in [0, 0.05) is 24.1 Å². The summed E-state index contributed by atoms with van der Waals surface area (Å²) < 4.78 is 11.5. The van der Waals surface area contributed by atoms with Crippen molar-refractivity contribution in [1.82, 2.24) is 0 Å². The van der Waals surface area contributed by atoms with E-state index >= 15 is 0 Å². The maximum Gasteiger partial charge on any atom is 0.198 e. The van der Waals surface area contributed by atoms with Gasteiger partial charge >= 0.3 is 0 Å². The number of hydrogen-bond donors (Lipinski definition) is 0. The smallest absolute Gasteiger partial charge is 0.198 e. The van der Waals surface area contributed by atoms with Crippen molar-refractivity contribution in [2.24, 2.45) is 0 Å². The zero-order chi connectivity index (χ0) is 18.0. The van der Waals surface area contributed by atoms with Crippen LogP contribution in [0.4, 0.5) is 11.4 Å². The summed E-state index contributed by atoms with van der Waals surface area (Å²) in [4.78, 5) is 4.18. The first-order chi connectivity index (χ1) is 12.0. The Morgan fingerprint density at radius 3 is 1.76 bits per heavy atom. The van der Waals surface area contributed by atoms with Gasteiger partial charge in [-0.3, -0.25) is 4.90 Å². The second kappa shape index (κ2) is 7.19. The van der Waals surface area contributed by atoms with Crippen molar-refractivity contribution in [2.45, 2.75) is 27.0 Å². The van der Waals surface area contributed by atoms with Crippen LogP contribution >= 0.6 is 0 Å². The first kappa shape index (κ1) is 17.4. The molecule has 2 aromatic carbocycles. The van der Waals surface area contributed by atoms with E-state index in [4.69, 9.17) is 9.47 Å². The Morgan fingerprint density at radius 1 is 0.760 bits per heavy atom. The van der Waals surface area contributed by atoms with Crippen molar-refractivity contribution in [1.29, 1.82) is 0 Å². The molecular formula is C21H25N2O2. The number of benzene rings is 2. The lowest BCUT2D eigenvalue weighted by Crippen LogP contribution is -2.47. The van der Waals surface area contributed by atoms with Crippen molar-refractivity contribution in [3.63, 3.8) is 0 Å². The zero-order valence-corrected chi connectivity index (χ0v) is 15.5. The number of ether oxygens (including phenoxy) is 2. The predicted molar refractivity (Wildman–Crippen MR) is 102 cm³/mol. The zero-order valence-electron chi connectivity index (χ0n) is 15.5. The number of aryl methyl sites for hydroxylation is 2. The minimum absolute atomic E-state index is 0.209. The van der Waals surface area contributed by atoms with Crippen LogP contribution in [0.15, 0.2) is 60.0 Å². The molecule has 1 aliphatic heterocycles. The molecule has 0 bridgehead atoms. The first-order valence-electron chi connectivity index (χ1n) is 8.38. The van der Waals surface area contributed by atoms with Gasteiger partial charge in [0.05, 0.1) is 7.11 Å². The van der Waals surface area contributed by atoms with E-state index in [1.807, 2.05) is 13.6 Å². The number of methoxy groups -OCH3 is 2. The molecule has 1 atom stereocenters.